The van der Waals surface area contributed by atoms with Crippen molar-refractivity contribution in [2.24, 2.45) is 0 Å². The van der Waals surface area contributed by atoms with Gasteiger partial charge in [-0.25, -0.2) is 9.78 Å². The van der Waals surface area contributed by atoms with Crippen LogP contribution in [-0.2, 0) is 17.8 Å². The van der Waals surface area contributed by atoms with E-state index in [-0.39, 0.29) is 6.09 Å². The number of ether oxygens (including phenoxy) is 1. The Labute approximate surface area is 122 Å². The molecule has 0 radical (unpaired) electrons. The van der Waals surface area contributed by atoms with Gasteiger partial charge in [-0.2, -0.15) is 0 Å². The number of aromatic nitrogens is 1. The summed E-state index contributed by atoms with van der Waals surface area (Å²) in [5.74, 6) is 0. The third kappa shape index (κ3) is 4.35. The van der Waals surface area contributed by atoms with Crippen LogP contribution in [0.1, 0.15) is 21.1 Å². The molecule has 4 nitrogen and oxygen atoms in total. The Morgan fingerprint density at radius 1 is 1.30 bits per heavy atom. The molecule has 1 aromatic heterocycles. The third-order valence-corrected chi connectivity index (χ3v) is 3.97. The second-order valence-corrected chi connectivity index (χ2v) is 5.77. The minimum Gasteiger partial charge on any atom is -0.445 e. The number of rotatable bonds is 5. The van der Waals surface area contributed by atoms with Crippen LogP contribution in [0.4, 0.5) is 4.79 Å². The summed E-state index contributed by atoms with van der Waals surface area (Å²) in [7, 11) is 0. The molecule has 2 aromatic rings. The highest BCUT2D eigenvalue weighted by molar-refractivity contribution is 7.11. The van der Waals surface area contributed by atoms with E-state index >= 15 is 0 Å². The van der Waals surface area contributed by atoms with Crippen molar-refractivity contribution in [3.63, 3.8) is 0 Å². The molecule has 0 fully saturated rings. The van der Waals surface area contributed by atoms with Crippen molar-refractivity contribution in [3.8, 4) is 0 Å². The van der Waals surface area contributed by atoms with Gasteiger partial charge in [0.15, 0.2) is 0 Å². The molecule has 0 saturated heterocycles. The first-order chi connectivity index (χ1) is 9.65. The van der Waals surface area contributed by atoms with Crippen molar-refractivity contribution >= 4 is 17.4 Å². The van der Waals surface area contributed by atoms with Gasteiger partial charge in [-0.15, -0.1) is 11.3 Å². The van der Waals surface area contributed by atoms with Crippen LogP contribution in [0.15, 0.2) is 30.3 Å². The molecule has 0 atom stereocenters. The number of nitrogens with one attached hydrogen (secondary N) is 1. The zero-order valence-corrected chi connectivity index (χ0v) is 12.5. The fraction of sp³-hybridized carbons (Fsp3) is 0.333. The van der Waals surface area contributed by atoms with E-state index in [1.165, 1.54) is 4.88 Å². The van der Waals surface area contributed by atoms with Gasteiger partial charge >= 0.3 is 6.09 Å². The number of hydrogen-bond acceptors (Lipinski definition) is 4. The molecular formula is C15H18N2O2S. The van der Waals surface area contributed by atoms with Gasteiger partial charge in [-0.05, 0) is 19.4 Å². The summed E-state index contributed by atoms with van der Waals surface area (Å²) in [4.78, 5) is 17.1. The first kappa shape index (κ1) is 14.5. The Morgan fingerprint density at radius 2 is 2.05 bits per heavy atom. The average molecular weight is 290 g/mol. The largest absolute Gasteiger partial charge is 0.445 e. The lowest BCUT2D eigenvalue weighted by Crippen LogP contribution is -2.26. The standard InChI is InChI=1S/C15H18N2O2S/c1-11-14(20-12(2)17-11)8-9-16-15(18)19-10-13-6-4-3-5-7-13/h3-7H,8-10H2,1-2H3,(H,16,18). The number of hydrogen-bond donors (Lipinski definition) is 1. The van der Waals surface area contributed by atoms with Crippen molar-refractivity contribution in [3.05, 3.63) is 51.5 Å². The molecule has 1 heterocycles. The van der Waals surface area contributed by atoms with Gasteiger partial charge in [0.1, 0.15) is 6.61 Å². The highest BCUT2D eigenvalue weighted by Gasteiger charge is 2.06. The Morgan fingerprint density at radius 3 is 2.70 bits per heavy atom. The molecule has 1 amide bonds. The smallest absolute Gasteiger partial charge is 0.407 e. The molecule has 5 heteroatoms. The van der Waals surface area contributed by atoms with Crippen molar-refractivity contribution in [1.29, 1.82) is 0 Å². The average Bonchev–Trinajstić information content (AvgIpc) is 2.76. The molecule has 0 aliphatic heterocycles. The zero-order chi connectivity index (χ0) is 14.4. The van der Waals surface area contributed by atoms with Gasteiger partial charge in [0, 0.05) is 17.8 Å². The van der Waals surface area contributed by atoms with Gasteiger partial charge in [0.05, 0.1) is 10.7 Å². The molecule has 0 saturated carbocycles. The van der Waals surface area contributed by atoms with Crippen molar-refractivity contribution in [1.82, 2.24) is 10.3 Å². The molecule has 2 rings (SSSR count). The number of carbonyl (C=O) groups excluding carboxylic acids is 1. The Bertz CT molecular complexity index is 567. The first-order valence-electron chi connectivity index (χ1n) is 6.52. The molecule has 0 spiro atoms. The van der Waals surface area contributed by atoms with E-state index in [0.717, 1.165) is 22.7 Å². The first-order valence-corrected chi connectivity index (χ1v) is 7.34. The van der Waals surface area contributed by atoms with Gasteiger partial charge in [0.25, 0.3) is 0 Å². The molecule has 0 unspecified atom stereocenters. The second-order valence-electron chi connectivity index (χ2n) is 4.48. The minimum absolute atomic E-state index is 0.297. The molecule has 20 heavy (non-hydrogen) atoms. The van der Waals surface area contributed by atoms with Crippen LogP contribution >= 0.6 is 11.3 Å². The predicted octanol–water partition coefficient (Wildman–Crippen LogP) is 3.23. The Kier molecular flexibility index (Phi) is 5.12. The summed E-state index contributed by atoms with van der Waals surface area (Å²) in [6, 6.07) is 9.63. The number of amides is 1. The van der Waals surface area contributed by atoms with E-state index in [9.17, 15) is 4.79 Å². The molecule has 1 N–H and O–H groups in total. The Balaban J connectivity index is 1.69. The predicted molar refractivity (Wildman–Crippen MR) is 79.9 cm³/mol. The van der Waals surface area contributed by atoms with Gasteiger partial charge in [-0.3, -0.25) is 0 Å². The lowest BCUT2D eigenvalue weighted by Gasteiger charge is -2.06. The Hall–Kier alpha value is -1.88. The van der Waals surface area contributed by atoms with E-state index in [1.807, 2.05) is 44.2 Å². The van der Waals surface area contributed by atoms with Crippen molar-refractivity contribution < 1.29 is 9.53 Å². The van der Waals surface area contributed by atoms with Crippen LogP contribution in [0.25, 0.3) is 0 Å². The maximum absolute atomic E-state index is 11.6. The number of nitrogens with zero attached hydrogens (tertiary/aromatic N) is 1. The topological polar surface area (TPSA) is 51.2 Å². The van der Waals surface area contributed by atoms with Crippen LogP contribution in [0.3, 0.4) is 0 Å². The van der Waals surface area contributed by atoms with Crippen LogP contribution < -0.4 is 5.32 Å². The van der Waals surface area contributed by atoms with Crippen molar-refractivity contribution in [2.75, 3.05) is 6.54 Å². The normalized spacial score (nSPS) is 10.3. The summed E-state index contributed by atoms with van der Waals surface area (Å²) in [6.45, 7) is 4.84. The monoisotopic (exact) mass is 290 g/mol. The highest BCUT2D eigenvalue weighted by atomic mass is 32.1. The van der Waals surface area contributed by atoms with E-state index in [1.54, 1.807) is 11.3 Å². The minimum atomic E-state index is -0.382. The van der Waals surface area contributed by atoms with Crippen LogP contribution in [0.5, 0.6) is 0 Å². The number of thiazole rings is 1. The maximum Gasteiger partial charge on any atom is 0.407 e. The van der Waals surface area contributed by atoms with Crippen LogP contribution in [0.2, 0.25) is 0 Å². The number of alkyl carbamates (subject to hydrolysis) is 1. The molecule has 0 bridgehead atoms. The van der Waals surface area contributed by atoms with Crippen LogP contribution in [-0.4, -0.2) is 17.6 Å². The van der Waals surface area contributed by atoms with Crippen molar-refractivity contribution in [2.45, 2.75) is 26.9 Å². The fourth-order valence-corrected chi connectivity index (χ4v) is 2.79. The fourth-order valence-electron chi connectivity index (χ4n) is 1.86. The molecule has 0 aliphatic rings. The summed E-state index contributed by atoms with van der Waals surface area (Å²) in [5.41, 5.74) is 2.03. The molecule has 106 valence electrons. The summed E-state index contributed by atoms with van der Waals surface area (Å²) < 4.78 is 5.14. The van der Waals surface area contributed by atoms with Crippen LogP contribution in [0, 0.1) is 13.8 Å². The maximum atomic E-state index is 11.6. The van der Waals surface area contributed by atoms with Gasteiger partial charge in [0.2, 0.25) is 0 Å². The molecule has 1 aromatic carbocycles. The summed E-state index contributed by atoms with van der Waals surface area (Å²) in [6.07, 6.45) is 0.408. The van der Waals surface area contributed by atoms with Gasteiger partial charge < -0.3 is 10.1 Å². The number of benzene rings is 1. The second kappa shape index (κ2) is 7.05. The van der Waals surface area contributed by atoms with E-state index in [0.29, 0.717) is 13.2 Å². The van der Waals surface area contributed by atoms with E-state index in [4.69, 9.17) is 4.74 Å². The molecular weight excluding hydrogens is 272 g/mol. The van der Waals surface area contributed by atoms with Gasteiger partial charge in [-0.1, -0.05) is 30.3 Å². The number of carbonyl (C=O) groups is 1. The van der Waals surface area contributed by atoms with E-state index < -0.39 is 0 Å². The lowest BCUT2D eigenvalue weighted by atomic mass is 10.2. The summed E-state index contributed by atoms with van der Waals surface area (Å²) in [5, 5.41) is 3.82. The molecule has 0 aliphatic carbocycles. The number of aryl methyl sites for hydroxylation is 2. The third-order valence-electron chi connectivity index (χ3n) is 2.83. The quantitative estimate of drug-likeness (QED) is 0.919. The lowest BCUT2D eigenvalue weighted by molar-refractivity contribution is 0.140. The SMILES string of the molecule is Cc1nc(C)c(CCNC(=O)OCc2ccccc2)s1. The van der Waals surface area contributed by atoms with E-state index in [2.05, 4.69) is 10.3 Å². The highest BCUT2D eigenvalue weighted by Crippen LogP contribution is 2.17. The summed E-state index contributed by atoms with van der Waals surface area (Å²) >= 11 is 1.67. The zero-order valence-electron chi connectivity index (χ0n) is 11.7.